The van der Waals surface area contributed by atoms with Gasteiger partial charge in [0.15, 0.2) is 0 Å². The molecular formula is C20H24N4O2. The Hall–Kier alpha value is -2.50. The first-order chi connectivity index (χ1) is 12.7. The molecule has 1 aliphatic carbocycles. The first-order valence-corrected chi connectivity index (χ1v) is 9.48. The van der Waals surface area contributed by atoms with Crippen molar-refractivity contribution in [3.05, 3.63) is 47.0 Å². The Bertz CT molecular complexity index is 821. The number of amides is 1. The summed E-state index contributed by atoms with van der Waals surface area (Å²) in [5, 5.41) is 4.54. The standard InChI is InChI=1S/C20H24N4O2/c25-19-5-4-18(16-6-10-21-11-7-16)22-24(19)14-15-8-12-23(13-9-15)20(26)17-2-1-3-17/h4-7,10-11,15,17H,1-3,8-9,12-14H2. The molecule has 0 aromatic carbocycles. The van der Waals surface area contributed by atoms with Gasteiger partial charge < -0.3 is 4.90 Å². The van der Waals surface area contributed by atoms with E-state index in [1.54, 1.807) is 29.2 Å². The number of hydrogen-bond acceptors (Lipinski definition) is 4. The quantitative estimate of drug-likeness (QED) is 0.847. The van der Waals surface area contributed by atoms with E-state index in [2.05, 4.69) is 10.1 Å². The van der Waals surface area contributed by atoms with Gasteiger partial charge in [0.1, 0.15) is 0 Å². The molecule has 0 atom stereocenters. The van der Waals surface area contributed by atoms with Crippen LogP contribution in [0.2, 0.25) is 0 Å². The van der Waals surface area contributed by atoms with Crippen LogP contribution in [0, 0.1) is 11.8 Å². The summed E-state index contributed by atoms with van der Waals surface area (Å²) < 4.78 is 1.57. The number of carbonyl (C=O) groups is 1. The smallest absolute Gasteiger partial charge is 0.266 e. The predicted molar refractivity (Wildman–Crippen MR) is 98.4 cm³/mol. The molecule has 2 fully saturated rings. The van der Waals surface area contributed by atoms with Crippen LogP contribution in [0.15, 0.2) is 41.5 Å². The van der Waals surface area contributed by atoms with E-state index in [0.717, 1.165) is 50.0 Å². The number of aromatic nitrogens is 3. The second-order valence-electron chi connectivity index (χ2n) is 7.37. The van der Waals surface area contributed by atoms with Crippen molar-refractivity contribution in [2.24, 2.45) is 11.8 Å². The van der Waals surface area contributed by atoms with Gasteiger partial charge in [-0.1, -0.05) is 6.42 Å². The second-order valence-corrected chi connectivity index (χ2v) is 7.37. The number of hydrogen-bond donors (Lipinski definition) is 0. The fraction of sp³-hybridized carbons (Fsp3) is 0.500. The molecule has 136 valence electrons. The molecule has 1 aliphatic heterocycles. The summed E-state index contributed by atoms with van der Waals surface area (Å²) in [7, 11) is 0. The van der Waals surface area contributed by atoms with Crippen molar-refractivity contribution in [2.75, 3.05) is 13.1 Å². The van der Waals surface area contributed by atoms with E-state index < -0.39 is 0 Å². The van der Waals surface area contributed by atoms with Crippen LogP contribution in [0.1, 0.15) is 32.1 Å². The molecule has 6 nitrogen and oxygen atoms in total. The number of nitrogens with zero attached hydrogens (tertiary/aromatic N) is 4. The third-order valence-corrected chi connectivity index (χ3v) is 5.65. The highest BCUT2D eigenvalue weighted by atomic mass is 16.2. The Morgan fingerprint density at radius 3 is 2.42 bits per heavy atom. The Morgan fingerprint density at radius 1 is 1.04 bits per heavy atom. The molecule has 1 amide bonds. The first kappa shape index (κ1) is 16.9. The zero-order valence-electron chi connectivity index (χ0n) is 14.9. The fourth-order valence-corrected chi connectivity index (χ4v) is 3.75. The van der Waals surface area contributed by atoms with E-state index in [9.17, 15) is 9.59 Å². The molecule has 0 spiro atoms. The van der Waals surface area contributed by atoms with Gasteiger partial charge in [-0.3, -0.25) is 14.6 Å². The van der Waals surface area contributed by atoms with Gasteiger partial charge in [0.2, 0.25) is 5.91 Å². The van der Waals surface area contributed by atoms with Crippen LogP contribution >= 0.6 is 0 Å². The third kappa shape index (κ3) is 3.54. The normalized spacial score (nSPS) is 18.5. The second kappa shape index (κ2) is 7.40. The maximum atomic E-state index is 12.4. The van der Waals surface area contributed by atoms with Crippen molar-refractivity contribution >= 4 is 5.91 Å². The van der Waals surface area contributed by atoms with Crippen LogP contribution in [-0.4, -0.2) is 38.7 Å². The molecule has 2 aromatic rings. The molecule has 0 bridgehead atoms. The van der Waals surface area contributed by atoms with E-state index in [1.807, 2.05) is 17.0 Å². The summed E-state index contributed by atoms with van der Waals surface area (Å²) in [5.41, 5.74) is 1.66. The van der Waals surface area contributed by atoms with Crippen LogP contribution in [0.5, 0.6) is 0 Å². The van der Waals surface area contributed by atoms with E-state index in [4.69, 9.17) is 0 Å². The van der Waals surface area contributed by atoms with Crippen molar-refractivity contribution < 1.29 is 4.79 Å². The Kier molecular flexibility index (Phi) is 4.82. The number of rotatable bonds is 4. The maximum Gasteiger partial charge on any atom is 0.266 e. The van der Waals surface area contributed by atoms with Gasteiger partial charge in [-0.25, -0.2) is 4.68 Å². The predicted octanol–water partition coefficient (Wildman–Crippen LogP) is 2.34. The molecule has 4 rings (SSSR count). The summed E-state index contributed by atoms with van der Waals surface area (Å²) in [6.45, 7) is 2.22. The minimum absolute atomic E-state index is 0.0734. The van der Waals surface area contributed by atoms with Crippen molar-refractivity contribution in [3.8, 4) is 11.3 Å². The van der Waals surface area contributed by atoms with Crippen molar-refractivity contribution in [2.45, 2.75) is 38.6 Å². The number of likely N-dealkylation sites (tertiary alicyclic amines) is 1. The molecule has 26 heavy (non-hydrogen) atoms. The van der Waals surface area contributed by atoms with Crippen LogP contribution in [-0.2, 0) is 11.3 Å². The SMILES string of the molecule is O=C(C1CCC1)N1CCC(Cn2nc(-c3ccncc3)ccc2=O)CC1. The summed E-state index contributed by atoms with van der Waals surface area (Å²) in [5.74, 6) is 0.996. The molecule has 2 aromatic heterocycles. The molecule has 6 heteroatoms. The summed E-state index contributed by atoms with van der Waals surface area (Å²) >= 11 is 0. The summed E-state index contributed by atoms with van der Waals surface area (Å²) in [6, 6.07) is 7.12. The first-order valence-electron chi connectivity index (χ1n) is 9.48. The number of pyridine rings is 1. The Balaban J connectivity index is 1.40. The number of piperidine rings is 1. The fourth-order valence-electron chi connectivity index (χ4n) is 3.75. The molecule has 0 unspecified atom stereocenters. The summed E-state index contributed by atoms with van der Waals surface area (Å²) in [6.07, 6.45) is 8.62. The average Bonchev–Trinajstić information content (AvgIpc) is 2.63. The van der Waals surface area contributed by atoms with E-state index >= 15 is 0 Å². The monoisotopic (exact) mass is 352 g/mol. The van der Waals surface area contributed by atoms with Gasteiger partial charge in [0.25, 0.3) is 5.56 Å². The molecule has 3 heterocycles. The van der Waals surface area contributed by atoms with Crippen molar-refractivity contribution in [1.29, 1.82) is 0 Å². The molecular weight excluding hydrogens is 328 g/mol. The summed E-state index contributed by atoms with van der Waals surface area (Å²) in [4.78, 5) is 30.6. The van der Waals surface area contributed by atoms with Gasteiger partial charge in [-0.15, -0.1) is 0 Å². The highest BCUT2D eigenvalue weighted by molar-refractivity contribution is 5.79. The molecule has 1 saturated carbocycles. The van der Waals surface area contributed by atoms with Gasteiger partial charge in [-0.05, 0) is 49.8 Å². The van der Waals surface area contributed by atoms with Crippen molar-refractivity contribution in [1.82, 2.24) is 19.7 Å². The van der Waals surface area contributed by atoms with Crippen molar-refractivity contribution in [3.63, 3.8) is 0 Å². The average molecular weight is 352 g/mol. The minimum Gasteiger partial charge on any atom is -0.342 e. The molecule has 2 aliphatic rings. The highest BCUT2D eigenvalue weighted by Crippen LogP contribution is 2.30. The van der Waals surface area contributed by atoms with Crippen LogP contribution in [0.4, 0.5) is 0 Å². The van der Waals surface area contributed by atoms with E-state index in [-0.39, 0.29) is 11.5 Å². The lowest BCUT2D eigenvalue weighted by atomic mass is 9.83. The topological polar surface area (TPSA) is 68.1 Å². The van der Waals surface area contributed by atoms with Crippen LogP contribution in [0.3, 0.4) is 0 Å². The van der Waals surface area contributed by atoms with Gasteiger partial charge in [0.05, 0.1) is 5.69 Å². The van der Waals surface area contributed by atoms with E-state index in [0.29, 0.717) is 18.4 Å². The highest BCUT2D eigenvalue weighted by Gasteiger charge is 2.31. The molecule has 0 radical (unpaired) electrons. The molecule has 0 N–H and O–H groups in total. The zero-order valence-corrected chi connectivity index (χ0v) is 14.9. The van der Waals surface area contributed by atoms with Gasteiger partial charge in [0, 0.05) is 49.6 Å². The van der Waals surface area contributed by atoms with Gasteiger partial charge >= 0.3 is 0 Å². The molecule has 1 saturated heterocycles. The van der Waals surface area contributed by atoms with E-state index in [1.165, 1.54) is 6.42 Å². The van der Waals surface area contributed by atoms with Gasteiger partial charge in [-0.2, -0.15) is 5.10 Å². The Morgan fingerprint density at radius 2 is 1.77 bits per heavy atom. The van der Waals surface area contributed by atoms with Crippen LogP contribution < -0.4 is 5.56 Å². The number of carbonyl (C=O) groups excluding carboxylic acids is 1. The van der Waals surface area contributed by atoms with Crippen LogP contribution in [0.25, 0.3) is 11.3 Å². The largest absolute Gasteiger partial charge is 0.342 e. The lowest BCUT2D eigenvalue weighted by molar-refractivity contribution is -0.139. The lowest BCUT2D eigenvalue weighted by Gasteiger charge is -2.36. The third-order valence-electron chi connectivity index (χ3n) is 5.65. The lowest BCUT2D eigenvalue weighted by Crippen LogP contribution is -2.44. The zero-order chi connectivity index (χ0) is 17.9. The Labute approximate surface area is 152 Å². The maximum absolute atomic E-state index is 12.4. The minimum atomic E-state index is -0.0734.